The van der Waals surface area contributed by atoms with Crippen LogP contribution in [0.2, 0.25) is 0 Å². The maximum Gasteiger partial charge on any atom is 0.241 e. The van der Waals surface area contributed by atoms with Crippen molar-refractivity contribution in [1.82, 2.24) is 5.32 Å². The van der Waals surface area contributed by atoms with Gasteiger partial charge in [-0.15, -0.1) is 0 Å². The highest BCUT2D eigenvalue weighted by atomic mass is 79.9. The summed E-state index contributed by atoms with van der Waals surface area (Å²) in [5.74, 6) is -0.355. The molecule has 7 heteroatoms. The first-order valence-electron chi connectivity index (χ1n) is 7.73. The Morgan fingerprint density at radius 1 is 1.12 bits per heavy atom. The Labute approximate surface area is 157 Å². The van der Waals surface area contributed by atoms with E-state index in [1.807, 2.05) is 38.1 Å². The van der Waals surface area contributed by atoms with Crippen molar-refractivity contribution >= 4 is 37.5 Å². The van der Waals surface area contributed by atoms with Crippen molar-refractivity contribution in [3.8, 4) is 0 Å². The van der Waals surface area contributed by atoms with Gasteiger partial charge in [-0.2, -0.15) is 0 Å². The van der Waals surface area contributed by atoms with Gasteiger partial charge in [0.15, 0.2) is 0 Å². The molecule has 0 radical (unpaired) electrons. The summed E-state index contributed by atoms with van der Waals surface area (Å²) in [5, 5.41) is 2.76. The van der Waals surface area contributed by atoms with E-state index in [4.69, 9.17) is 0 Å². The fourth-order valence-corrected chi connectivity index (χ4v) is 3.37. The van der Waals surface area contributed by atoms with Crippen LogP contribution >= 0.6 is 15.9 Å². The van der Waals surface area contributed by atoms with E-state index in [0.29, 0.717) is 12.2 Å². The molecule has 0 atom stereocenters. The van der Waals surface area contributed by atoms with Gasteiger partial charge in [0.2, 0.25) is 15.9 Å². The predicted octanol–water partition coefficient (Wildman–Crippen LogP) is 3.15. The molecule has 0 fully saturated rings. The first kappa shape index (κ1) is 19.5. The van der Waals surface area contributed by atoms with Crippen LogP contribution in [0.15, 0.2) is 46.9 Å². The number of nitrogens with one attached hydrogen (secondary N) is 1. The van der Waals surface area contributed by atoms with Gasteiger partial charge in [0.25, 0.3) is 0 Å². The molecule has 0 unspecified atom stereocenters. The SMILES string of the molecule is Cc1ccc(CNC(=O)CN(c2ccc(Br)c(C)c2)S(C)(=O)=O)cc1. The number of halogens is 1. The van der Waals surface area contributed by atoms with E-state index in [2.05, 4.69) is 21.2 Å². The number of anilines is 1. The molecule has 25 heavy (non-hydrogen) atoms. The Kier molecular flexibility index (Phi) is 6.24. The van der Waals surface area contributed by atoms with Crippen molar-refractivity contribution in [1.29, 1.82) is 0 Å². The van der Waals surface area contributed by atoms with E-state index < -0.39 is 10.0 Å². The molecule has 2 aromatic carbocycles. The van der Waals surface area contributed by atoms with E-state index in [-0.39, 0.29) is 12.5 Å². The average Bonchev–Trinajstić information content (AvgIpc) is 2.54. The third kappa shape index (κ3) is 5.57. The molecule has 2 aromatic rings. The molecular formula is C18H21BrN2O3S. The van der Waals surface area contributed by atoms with Crippen LogP contribution < -0.4 is 9.62 Å². The molecular weight excluding hydrogens is 404 g/mol. The van der Waals surface area contributed by atoms with Crippen LogP contribution in [0.1, 0.15) is 16.7 Å². The normalized spacial score (nSPS) is 11.2. The van der Waals surface area contributed by atoms with Crippen molar-refractivity contribution in [3.05, 3.63) is 63.6 Å². The molecule has 0 bridgehead atoms. The standard InChI is InChI=1S/C18H21BrN2O3S/c1-13-4-6-15(7-5-13)11-20-18(22)12-21(25(3,23)24)16-8-9-17(19)14(2)10-16/h4-10H,11-12H2,1-3H3,(H,20,22). The molecule has 0 aliphatic carbocycles. The second-order valence-corrected chi connectivity index (χ2v) is 8.73. The van der Waals surface area contributed by atoms with Crippen LogP contribution in [-0.4, -0.2) is 27.1 Å². The topological polar surface area (TPSA) is 66.5 Å². The number of benzene rings is 2. The van der Waals surface area contributed by atoms with E-state index in [9.17, 15) is 13.2 Å². The highest BCUT2D eigenvalue weighted by Gasteiger charge is 2.21. The Morgan fingerprint density at radius 3 is 2.32 bits per heavy atom. The number of hydrogen-bond acceptors (Lipinski definition) is 3. The summed E-state index contributed by atoms with van der Waals surface area (Å²) in [5.41, 5.74) is 3.47. The lowest BCUT2D eigenvalue weighted by molar-refractivity contribution is -0.119. The highest BCUT2D eigenvalue weighted by Crippen LogP contribution is 2.24. The average molecular weight is 425 g/mol. The maximum absolute atomic E-state index is 12.2. The van der Waals surface area contributed by atoms with Gasteiger partial charge in [0.05, 0.1) is 11.9 Å². The van der Waals surface area contributed by atoms with Gasteiger partial charge in [0.1, 0.15) is 6.54 Å². The zero-order valence-corrected chi connectivity index (χ0v) is 16.8. The number of carbonyl (C=O) groups is 1. The lowest BCUT2D eigenvalue weighted by atomic mass is 10.1. The minimum Gasteiger partial charge on any atom is -0.350 e. The zero-order chi connectivity index (χ0) is 18.6. The summed E-state index contributed by atoms with van der Waals surface area (Å²) >= 11 is 3.39. The molecule has 5 nitrogen and oxygen atoms in total. The summed E-state index contributed by atoms with van der Waals surface area (Å²) in [4.78, 5) is 12.2. The second-order valence-electron chi connectivity index (χ2n) is 5.97. The van der Waals surface area contributed by atoms with E-state index in [0.717, 1.165) is 31.7 Å². The number of aryl methyl sites for hydroxylation is 2. The zero-order valence-electron chi connectivity index (χ0n) is 14.4. The fourth-order valence-electron chi connectivity index (χ4n) is 2.28. The van der Waals surface area contributed by atoms with E-state index in [1.54, 1.807) is 18.2 Å². The summed E-state index contributed by atoms with van der Waals surface area (Å²) in [6, 6.07) is 13.0. The predicted molar refractivity (Wildman–Crippen MR) is 104 cm³/mol. The molecule has 0 spiro atoms. The second kappa shape index (κ2) is 8.01. The first-order chi connectivity index (χ1) is 11.7. The van der Waals surface area contributed by atoms with Gasteiger partial charge in [-0.25, -0.2) is 8.42 Å². The van der Waals surface area contributed by atoms with E-state index >= 15 is 0 Å². The minimum atomic E-state index is -3.57. The molecule has 1 N–H and O–H groups in total. The van der Waals surface area contributed by atoms with Crippen molar-refractivity contribution in [3.63, 3.8) is 0 Å². The fraction of sp³-hybridized carbons (Fsp3) is 0.278. The molecule has 0 saturated carbocycles. The van der Waals surface area contributed by atoms with Gasteiger partial charge < -0.3 is 5.32 Å². The van der Waals surface area contributed by atoms with Gasteiger partial charge >= 0.3 is 0 Å². The number of hydrogen-bond donors (Lipinski definition) is 1. The third-order valence-electron chi connectivity index (χ3n) is 3.73. The largest absolute Gasteiger partial charge is 0.350 e. The summed E-state index contributed by atoms with van der Waals surface area (Å²) in [6.07, 6.45) is 1.09. The lowest BCUT2D eigenvalue weighted by Crippen LogP contribution is -2.40. The molecule has 0 saturated heterocycles. The van der Waals surface area contributed by atoms with Crippen LogP contribution in [0.3, 0.4) is 0 Å². The molecule has 1 amide bonds. The van der Waals surface area contributed by atoms with Crippen LogP contribution in [0, 0.1) is 13.8 Å². The monoisotopic (exact) mass is 424 g/mol. The Morgan fingerprint density at radius 2 is 1.76 bits per heavy atom. The molecule has 2 rings (SSSR count). The quantitative estimate of drug-likeness (QED) is 0.774. The molecule has 0 aliphatic heterocycles. The van der Waals surface area contributed by atoms with Crippen molar-refractivity contribution in [2.75, 3.05) is 17.1 Å². The van der Waals surface area contributed by atoms with Crippen LogP contribution in [0.25, 0.3) is 0 Å². The molecule has 0 aliphatic rings. The first-order valence-corrected chi connectivity index (χ1v) is 10.4. The minimum absolute atomic E-state index is 0.258. The molecule has 0 heterocycles. The van der Waals surface area contributed by atoms with Gasteiger partial charge in [-0.1, -0.05) is 45.8 Å². The number of amides is 1. The maximum atomic E-state index is 12.2. The van der Waals surface area contributed by atoms with Gasteiger partial charge in [-0.3, -0.25) is 9.10 Å². The Bertz CT molecular complexity index is 864. The van der Waals surface area contributed by atoms with Crippen LogP contribution in [0.5, 0.6) is 0 Å². The van der Waals surface area contributed by atoms with Gasteiger partial charge in [-0.05, 0) is 43.2 Å². The number of carbonyl (C=O) groups excluding carboxylic acids is 1. The van der Waals surface area contributed by atoms with Gasteiger partial charge in [0, 0.05) is 11.0 Å². The smallest absolute Gasteiger partial charge is 0.241 e. The van der Waals surface area contributed by atoms with Crippen molar-refractivity contribution in [2.45, 2.75) is 20.4 Å². The highest BCUT2D eigenvalue weighted by molar-refractivity contribution is 9.10. The Hall–Kier alpha value is -1.86. The number of rotatable bonds is 6. The molecule has 0 aromatic heterocycles. The summed E-state index contributed by atoms with van der Waals surface area (Å²) < 4.78 is 26.2. The number of nitrogens with zero attached hydrogens (tertiary/aromatic N) is 1. The Balaban J connectivity index is 2.10. The van der Waals surface area contributed by atoms with Crippen LogP contribution in [-0.2, 0) is 21.4 Å². The third-order valence-corrected chi connectivity index (χ3v) is 5.76. The van der Waals surface area contributed by atoms with Crippen LogP contribution in [0.4, 0.5) is 5.69 Å². The summed E-state index contributed by atoms with van der Waals surface area (Å²) in [7, 11) is -3.57. The lowest BCUT2D eigenvalue weighted by Gasteiger charge is -2.22. The summed E-state index contributed by atoms with van der Waals surface area (Å²) in [6.45, 7) is 3.96. The number of sulfonamides is 1. The van der Waals surface area contributed by atoms with Crippen molar-refractivity contribution in [2.24, 2.45) is 0 Å². The van der Waals surface area contributed by atoms with E-state index in [1.165, 1.54) is 0 Å². The molecule has 134 valence electrons. The van der Waals surface area contributed by atoms with Crippen molar-refractivity contribution < 1.29 is 13.2 Å².